The van der Waals surface area contributed by atoms with Crippen molar-refractivity contribution >= 4 is 17.7 Å². The Labute approximate surface area is 97.2 Å². The van der Waals surface area contributed by atoms with Gasteiger partial charge in [0.15, 0.2) is 0 Å². The van der Waals surface area contributed by atoms with E-state index < -0.39 is 5.97 Å². The number of nitrogens with zero attached hydrogens (tertiary/aromatic N) is 1. The Bertz CT molecular complexity index is 197. The van der Waals surface area contributed by atoms with Crippen LogP contribution in [0.4, 0.5) is 0 Å². The van der Waals surface area contributed by atoms with E-state index in [9.17, 15) is 4.79 Å². The first-order valence-corrected chi connectivity index (χ1v) is 6.74. The minimum absolute atomic E-state index is 0.143. The summed E-state index contributed by atoms with van der Waals surface area (Å²) in [5.74, 6) is 0.503. The maximum atomic E-state index is 11.1. The van der Waals surface area contributed by atoms with Gasteiger partial charge in [0.05, 0.1) is 0 Å². The molecule has 2 unspecified atom stereocenters. The molecule has 0 heterocycles. The molecule has 90 valence electrons. The van der Waals surface area contributed by atoms with E-state index in [0.29, 0.717) is 6.04 Å². The molecule has 0 radical (unpaired) electrons. The van der Waals surface area contributed by atoms with Gasteiger partial charge < -0.3 is 5.11 Å². The van der Waals surface area contributed by atoms with Crippen molar-refractivity contribution in [2.75, 3.05) is 19.1 Å². The molecule has 0 spiro atoms. The summed E-state index contributed by atoms with van der Waals surface area (Å²) >= 11 is 1.80. The van der Waals surface area contributed by atoms with Crippen molar-refractivity contribution in [2.45, 2.75) is 39.3 Å². The van der Waals surface area contributed by atoms with Crippen molar-refractivity contribution in [2.24, 2.45) is 5.92 Å². The maximum Gasteiger partial charge on any atom is 0.321 e. The summed E-state index contributed by atoms with van der Waals surface area (Å²) in [6, 6.07) is -0.0530. The monoisotopic (exact) mass is 233 g/mol. The molecule has 3 nitrogen and oxygen atoms in total. The molecule has 0 aliphatic rings. The molecule has 0 saturated heterocycles. The highest BCUT2D eigenvalue weighted by molar-refractivity contribution is 7.98. The van der Waals surface area contributed by atoms with Crippen molar-refractivity contribution in [3.05, 3.63) is 0 Å². The first kappa shape index (κ1) is 14.8. The summed E-state index contributed by atoms with van der Waals surface area (Å²) < 4.78 is 0. The van der Waals surface area contributed by atoms with Gasteiger partial charge in [-0.1, -0.05) is 13.8 Å². The van der Waals surface area contributed by atoms with Crippen molar-refractivity contribution in [1.29, 1.82) is 0 Å². The number of carboxylic acids is 1. The number of carboxylic acid groups (broad SMARTS) is 1. The Balaban J connectivity index is 4.35. The molecule has 0 aromatic carbocycles. The third-order valence-corrected chi connectivity index (χ3v) is 3.40. The quantitative estimate of drug-likeness (QED) is 0.731. The van der Waals surface area contributed by atoms with E-state index in [1.807, 2.05) is 25.8 Å². The van der Waals surface area contributed by atoms with E-state index in [-0.39, 0.29) is 12.0 Å². The number of rotatable bonds is 7. The third-order valence-electron chi connectivity index (χ3n) is 2.76. The van der Waals surface area contributed by atoms with E-state index in [4.69, 9.17) is 5.11 Å². The van der Waals surface area contributed by atoms with Crippen LogP contribution in [-0.2, 0) is 4.79 Å². The molecule has 0 amide bonds. The van der Waals surface area contributed by atoms with Gasteiger partial charge in [-0.15, -0.1) is 0 Å². The van der Waals surface area contributed by atoms with E-state index in [1.165, 1.54) is 0 Å². The molecule has 1 N–H and O–H groups in total. The lowest BCUT2D eigenvalue weighted by Crippen LogP contribution is -2.46. The van der Waals surface area contributed by atoms with Gasteiger partial charge in [0.2, 0.25) is 0 Å². The van der Waals surface area contributed by atoms with E-state index in [1.54, 1.807) is 11.8 Å². The van der Waals surface area contributed by atoms with Gasteiger partial charge in [0.1, 0.15) is 6.04 Å². The number of thioether (sulfide) groups is 1. The van der Waals surface area contributed by atoms with Crippen LogP contribution in [0.15, 0.2) is 0 Å². The SMILES string of the molecule is CSCCC(C)N(C)C(C(=O)O)C(C)C. The van der Waals surface area contributed by atoms with Crippen LogP contribution in [0.3, 0.4) is 0 Å². The Morgan fingerprint density at radius 2 is 1.93 bits per heavy atom. The number of hydrogen-bond donors (Lipinski definition) is 1. The molecule has 0 fully saturated rings. The van der Waals surface area contributed by atoms with Gasteiger partial charge in [-0.2, -0.15) is 11.8 Å². The number of hydrogen-bond acceptors (Lipinski definition) is 3. The van der Waals surface area contributed by atoms with Crippen LogP contribution in [0.1, 0.15) is 27.2 Å². The van der Waals surface area contributed by atoms with Gasteiger partial charge in [-0.3, -0.25) is 9.69 Å². The van der Waals surface area contributed by atoms with E-state index >= 15 is 0 Å². The molecular weight excluding hydrogens is 210 g/mol. The minimum Gasteiger partial charge on any atom is -0.480 e. The average Bonchev–Trinajstić information content (AvgIpc) is 2.12. The molecule has 0 aromatic heterocycles. The Hall–Kier alpha value is -0.220. The fraction of sp³-hybridized carbons (Fsp3) is 0.909. The Kier molecular flexibility index (Phi) is 7.02. The van der Waals surface area contributed by atoms with Crippen LogP contribution < -0.4 is 0 Å². The molecule has 0 rings (SSSR count). The molecule has 15 heavy (non-hydrogen) atoms. The zero-order chi connectivity index (χ0) is 12.0. The lowest BCUT2D eigenvalue weighted by molar-refractivity contribution is -0.145. The summed E-state index contributed by atoms with van der Waals surface area (Å²) in [6.07, 6.45) is 3.11. The van der Waals surface area contributed by atoms with Crippen LogP contribution >= 0.6 is 11.8 Å². The highest BCUT2D eigenvalue weighted by Crippen LogP contribution is 2.15. The second-order valence-electron chi connectivity index (χ2n) is 4.32. The fourth-order valence-corrected chi connectivity index (χ4v) is 2.27. The van der Waals surface area contributed by atoms with Crippen molar-refractivity contribution in [3.8, 4) is 0 Å². The van der Waals surface area contributed by atoms with Crippen LogP contribution in [0.2, 0.25) is 0 Å². The summed E-state index contributed by atoms with van der Waals surface area (Å²) in [5.41, 5.74) is 0. The lowest BCUT2D eigenvalue weighted by Gasteiger charge is -2.32. The van der Waals surface area contributed by atoms with Crippen LogP contribution in [-0.4, -0.2) is 47.1 Å². The highest BCUT2D eigenvalue weighted by atomic mass is 32.2. The van der Waals surface area contributed by atoms with E-state index in [2.05, 4.69) is 13.2 Å². The molecular formula is C11H23NO2S. The minimum atomic E-state index is -0.719. The molecule has 0 aromatic rings. The van der Waals surface area contributed by atoms with Crippen molar-refractivity contribution in [3.63, 3.8) is 0 Å². The predicted octanol–water partition coefficient (Wildman–Crippen LogP) is 2.17. The maximum absolute atomic E-state index is 11.1. The number of carbonyl (C=O) groups is 1. The molecule has 4 heteroatoms. The van der Waals surface area contributed by atoms with Gasteiger partial charge in [0.25, 0.3) is 0 Å². The van der Waals surface area contributed by atoms with Crippen molar-refractivity contribution in [1.82, 2.24) is 4.90 Å². The number of aliphatic carboxylic acids is 1. The van der Waals surface area contributed by atoms with Gasteiger partial charge in [0, 0.05) is 6.04 Å². The molecule has 0 aliphatic carbocycles. The Morgan fingerprint density at radius 3 is 2.27 bits per heavy atom. The van der Waals surface area contributed by atoms with Crippen LogP contribution in [0.5, 0.6) is 0 Å². The summed E-state index contributed by atoms with van der Waals surface area (Å²) in [4.78, 5) is 13.1. The molecule has 2 atom stereocenters. The molecule has 0 bridgehead atoms. The first-order valence-electron chi connectivity index (χ1n) is 5.35. The zero-order valence-corrected chi connectivity index (χ0v) is 11.2. The van der Waals surface area contributed by atoms with E-state index in [0.717, 1.165) is 12.2 Å². The van der Waals surface area contributed by atoms with Crippen LogP contribution in [0.25, 0.3) is 0 Å². The third kappa shape index (κ3) is 4.89. The first-order chi connectivity index (χ1) is 6.91. The lowest BCUT2D eigenvalue weighted by atomic mass is 10.0. The average molecular weight is 233 g/mol. The second kappa shape index (κ2) is 7.12. The smallest absolute Gasteiger partial charge is 0.321 e. The summed E-state index contributed by atoms with van der Waals surface area (Å²) in [5, 5.41) is 9.14. The standard InChI is InChI=1S/C11H23NO2S/c1-8(2)10(11(13)14)12(4)9(3)6-7-15-5/h8-10H,6-7H2,1-5H3,(H,13,14). The van der Waals surface area contributed by atoms with Gasteiger partial charge >= 0.3 is 5.97 Å². The van der Waals surface area contributed by atoms with Crippen molar-refractivity contribution < 1.29 is 9.90 Å². The zero-order valence-electron chi connectivity index (χ0n) is 10.4. The van der Waals surface area contributed by atoms with Gasteiger partial charge in [-0.25, -0.2) is 0 Å². The van der Waals surface area contributed by atoms with Crippen LogP contribution in [0, 0.1) is 5.92 Å². The predicted molar refractivity (Wildman–Crippen MR) is 66.5 cm³/mol. The highest BCUT2D eigenvalue weighted by Gasteiger charge is 2.28. The fourth-order valence-electron chi connectivity index (χ4n) is 1.70. The number of likely N-dealkylation sites (N-methyl/N-ethyl adjacent to an activating group) is 1. The summed E-state index contributed by atoms with van der Waals surface area (Å²) in [6.45, 7) is 6.00. The van der Waals surface area contributed by atoms with Gasteiger partial charge in [-0.05, 0) is 38.3 Å². The normalized spacial score (nSPS) is 15.7. The second-order valence-corrected chi connectivity index (χ2v) is 5.31. The molecule has 0 aliphatic heterocycles. The summed E-state index contributed by atoms with van der Waals surface area (Å²) in [7, 11) is 1.91. The molecule has 0 saturated carbocycles. The topological polar surface area (TPSA) is 40.5 Å². The Morgan fingerprint density at radius 1 is 1.40 bits per heavy atom. The largest absolute Gasteiger partial charge is 0.480 e.